The number of carbonyl (C=O) groups excluding carboxylic acids is 1. The number of anilines is 2. The van der Waals surface area contributed by atoms with E-state index >= 15 is 0 Å². The summed E-state index contributed by atoms with van der Waals surface area (Å²) in [5.41, 5.74) is 2.01. The van der Waals surface area contributed by atoms with E-state index < -0.39 is 5.60 Å². The van der Waals surface area contributed by atoms with Crippen molar-refractivity contribution in [3.63, 3.8) is 0 Å². The maximum Gasteiger partial charge on any atom is 0.285 e. The van der Waals surface area contributed by atoms with Gasteiger partial charge in [-0.25, -0.2) is 0 Å². The van der Waals surface area contributed by atoms with E-state index in [-0.39, 0.29) is 5.91 Å². The molecule has 2 heterocycles. The smallest absolute Gasteiger partial charge is 0.285 e. The SMILES string of the molecule is CC(C)(O)c1cccc(N2C=CC3=NC(C(=O)Nc4ccccc4)=C[N+]3C2)c1. The van der Waals surface area contributed by atoms with Crippen LogP contribution in [0.4, 0.5) is 11.4 Å². The monoisotopic (exact) mass is 374 g/mol. The Morgan fingerprint density at radius 2 is 1.96 bits per heavy atom. The number of benzene rings is 2. The lowest BCUT2D eigenvalue weighted by molar-refractivity contribution is -0.112. The van der Waals surface area contributed by atoms with Gasteiger partial charge in [-0.15, -0.1) is 0 Å². The van der Waals surface area contributed by atoms with E-state index in [1.54, 1.807) is 20.0 Å². The lowest BCUT2D eigenvalue weighted by atomic mass is 9.98. The van der Waals surface area contributed by atoms with Crippen LogP contribution in [0.5, 0.6) is 0 Å². The van der Waals surface area contributed by atoms with Gasteiger partial charge in [-0.1, -0.05) is 35.2 Å². The van der Waals surface area contributed by atoms with Crippen LogP contribution in [0.15, 0.2) is 83.8 Å². The van der Waals surface area contributed by atoms with Crippen molar-refractivity contribution in [3.8, 4) is 0 Å². The first-order chi connectivity index (χ1) is 13.4. The van der Waals surface area contributed by atoms with Crippen molar-refractivity contribution in [2.75, 3.05) is 16.9 Å². The number of amides is 1. The summed E-state index contributed by atoms with van der Waals surface area (Å²) in [6, 6.07) is 17.1. The Morgan fingerprint density at radius 3 is 2.71 bits per heavy atom. The Morgan fingerprint density at radius 1 is 1.18 bits per heavy atom. The van der Waals surface area contributed by atoms with Gasteiger partial charge >= 0.3 is 0 Å². The largest absolute Gasteiger partial charge is 0.386 e. The van der Waals surface area contributed by atoms with Crippen LogP contribution in [0.25, 0.3) is 0 Å². The van der Waals surface area contributed by atoms with Crippen LogP contribution < -0.4 is 15.1 Å². The standard InChI is InChI=1S/C22H22N4O2/c1-22(2,28)16-7-6-10-18(13-16)25-12-11-20-24-19(14-26(20)15-25)21(27)23-17-8-4-3-5-9-17/h3-14,28H,15H2,1-2H3,(H,23,27)/q+1. The Bertz CT molecular complexity index is 987. The van der Waals surface area contributed by atoms with Gasteiger partial charge in [0.1, 0.15) is 0 Å². The molecule has 0 spiro atoms. The molecule has 0 saturated carbocycles. The van der Waals surface area contributed by atoms with E-state index in [4.69, 9.17) is 0 Å². The van der Waals surface area contributed by atoms with Gasteiger partial charge in [-0.2, -0.15) is 4.99 Å². The van der Waals surface area contributed by atoms with Crippen LogP contribution in [0.2, 0.25) is 0 Å². The molecule has 4 rings (SSSR count). The average molecular weight is 374 g/mol. The minimum atomic E-state index is -0.904. The zero-order valence-electron chi connectivity index (χ0n) is 15.8. The van der Waals surface area contributed by atoms with E-state index in [2.05, 4.69) is 10.3 Å². The van der Waals surface area contributed by atoms with Gasteiger partial charge in [0.15, 0.2) is 11.9 Å². The number of para-hydroxylation sites is 1. The predicted molar refractivity (Wildman–Crippen MR) is 111 cm³/mol. The molecule has 2 aliphatic rings. The Hall–Kier alpha value is -3.22. The van der Waals surface area contributed by atoms with Crippen molar-refractivity contribution in [1.82, 2.24) is 4.90 Å². The van der Waals surface area contributed by atoms with Crippen LogP contribution >= 0.6 is 0 Å². The molecule has 1 radical (unpaired) electrons. The molecule has 2 aliphatic heterocycles. The second-order valence-electron chi connectivity index (χ2n) is 7.31. The molecule has 6 heteroatoms. The van der Waals surface area contributed by atoms with Gasteiger partial charge in [0.25, 0.3) is 11.7 Å². The highest BCUT2D eigenvalue weighted by molar-refractivity contribution is 6.10. The zero-order chi connectivity index (χ0) is 19.7. The lowest BCUT2D eigenvalue weighted by Gasteiger charge is -2.25. The molecule has 0 unspecified atom stereocenters. The van der Waals surface area contributed by atoms with Crippen molar-refractivity contribution in [3.05, 3.63) is 84.3 Å². The normalized spacial score (nSPS) is 16.5. The van der Waals surface area contributed by atoms with Gasteiger partial charge in [-0.05, 0) is 43.7 Å². The molecule has 6 nitrogen and oxygen atoms in total. The first-order valence-electron chi connectivity index (χ1n) is 9.11. The van der Waals surface area contributed by atoms with Gasteiger partial charge in [0.05, 0.1) is 5.60 Å². The summed E-state index contributed by atoms with van der Waals surface area (Å²) in [5, 5.41) is 13.1. The number of aliphatic hydroxyl groups is 1. The summed E-state index contributed by atoms with van der Waals surface area (Å²) in [6.07, 6.45) is 5.56. The summed E-state index contributed by atoms with van der Waals surface area (Å²) in [6.45, 7) is 4.07. The second kappa shape index (κ2) is 7.07. The zero-order valence-corrected chi connectivity index (χ0v) is 15.8. The lowest BCUT2D eigenvalue weighted by Crippen LogP contribution is -2.41. The van der Waals surface area contributed by atoms with E-state index in [0.29, 0.717) is 12.4 Å². The van der Waals surface area contributed by atoms with Crippen LogP contribution in [0, 0.1) is 0 Å². The molecule has 2 N–H and O–H groups in total. The van der Waals surface area contributed by atoms with Crippen molar-refractivity contribution in [1.29, 1.82) is 0 Å². The van der Waals surface area contributed by atoms with E-state index in [1.165, 1.54) is 0 Å². The van der Waals surface area contributed by atoms with Crippen LogP contribution in [-0.4, -0.2) is 23.5 Å². The summed E-state index contributed by atoms with van der Waals surface area (Å²) < 4.78 is 0. The Balaban J connectivity index is 1.50. The number of carbonyl (C=O) groups is 1. The topological polar surface area (TPSA) is 70.8 Å². The van der Waals surface area contributed by atoms with Gasteiger partial charge in [-0.3, -0.25) is 9.69 Å². The number of hydrogen-bond acceptors (Lipinski definition) is 5. The summed E-state index contributed by atoms with van der Waals surface area (Å²) in [7, 11) is 0. The highest BCUT2D eigenvalue weighted by Crippen LogP contribution is 2.27. The molecule has 0 fully saturated rings. The maximum atomic E-state index is 12.5. The minimum absolute atomic E-state index is 0.239. The molecule has 1 amide bonds. The van der Waals surface area contributed by atoms with Crippen molar-refractivity contribution >= 4 is 23.1 Å². The number of nitrogens with zero attached hydrogens (tertiary/aromatic N) is 3. The average Bonchev–Trinajstić information content (AvgIpc) is 3.12. The summed E-state index contributed by atoms with van der Waals surface area (Å²) in [4.78, 5) is 20.9. The molecule has 0 saturated heterocycles. The number of aliphatic imine (C=N–C) groups is 1. The first kappa shape index (κ1) is 18.2. The first-order valence-corrected chi connectivity index (χ1v) is 9.11. The summed E-state index contributed by atoms with van der Waals surface area (Å²) in [5.74, 6) is 0.491. The van der Waals surface area contributed by atoms with Gasteiger partial charge < -0.3 is 10.4 Å². The molecule has 141 valence electrons. The molecule has 0 aromatic heterocycles. The van der Waals surface area contributed by atoms with Crippen molar-refractivity contribution in [2.45, 2.75) is 19.4 Å². The quantitative estimate of drug-likeness (QED) is 0.807. The highest BCUT2D eigenvalue weighted by atomic mass is 16.3. The van der Waals surface area contributed by atoms with Crippen LogP contribution in [0.1, 0.15) is 19.4 Å². The van der Waals surface area contributed by atoms with Crippen molar-refractivity contribution in [2.24, 2.45) is 4.99 Å². The summed E-state index contributed by atoms with van der Waals surface area (Å²) >= 11 is 0. The molecular formula is C22H22N4O2+. The number of fused-ring (bicyclic) bond motifs is 1. The molecular weight excluding hydrogens is 352 g/mol. The predicted octanol–water partition coefficient (Wildman–Crippen LogP) is 3.24. The third-order valence-corrected chi connectivity index (χ3v) is 4.66. The second-order valence-corrected chi connectivity index (χ2v) is 7.31. The molecule has 2 aromatic rings. The molecule has 2 aromatic carbocycles. The van der Waals surface area contributed by atoms with Gasteiger partial charge in [0, 0.05) is 23.7 Å². The Kier molecular flexibility index (Phi) is 4.58. The number of amidine groups is 1. The van der Waals surface area contributed by atoms with Gasteiger partial charge in [0.2, 0.25) is 6.67 Å². The molecule has 0 aliphatic carbocycles. The number of nitrogens with one attached hydrogen (secondary N) is 1. The van der Waals surface area contributed by atoms with Crippen LogP contribution in [-0.2, 0) is 10.4 Å². The fourth-order valence-electron chi connectivity index (χ4n) is 3.10. The van der Waals surface area contributed by atoms with E-state index in [1.807, 2.05) is 76.7 Å². The fourth-order valence-corrected chi connectivity index (χ4v) is 3.10. The van der Waals surface area contributed by atoms with Crippen LogP contribution in [0.3, 0.4) is 0 Å². The van der Waals surface area contributed by atoms with Crippen molar-refractivity contribution < 1.29 is 9.90 Å². The third-order valence-electron chi connectivity index (χ3n) is 4.66. The number of hydrogen-bond donors (Lipinski definition) is 2. The molecule has 0 atom stereocenters. The maximum absolute atomic E-state index is 12.5. The highest BCUT2D eigenvalue weighted by Gasteiger charge is 2.35. The molecule has 28 heavy (non-hydrogen) atoms. The fraction of sp³-hybridized carbons (Fsp3) is 0.182. The molecule has 0 bridgehead atoms. The van der Waals surface area contributed by atoms with E-state index in [0.717, 1.165) is 22.8 Å². The minimum Gasteiger partial charge on any atom is -0.386 e. The number of rotatable bonds is 4. The Labute approximate surface area is 164 Å². The van der Waals surface area contributed by atoms with E-state index in [9.17, 15) is 9.90 Å². The third kappa shape index (κ3) is 3.74.